The molecule has 0 bridgehead atoms. The summed E-state index contributed by atoms with van der Waals surface area (Å²) in [5, 5.41) is 0. The van der Waals surface area contributed by atoms with Crippen LogP contribution < -0.4 is 5.73 Å². The van der Waals surface area contributed by atoms with Gasteiger partial charge in [-0.15, -0.1) is 0 Å². The summed E-state index contributed by atoms with van der Waals surface area (Å²) in [5.74, 6) is 0.863. The van der Waals surface area contributed by atoms with Gasteiger partial charge in [-0.2, -0.15) is 0 Å². The lowest BCUT2D eigenvalue weighted by atomic mass is 10.1. The number of aromatic nitrogens is 2. The van der Waals surface area contributed by atoms with E-state index in [2.05, 4.69) is 23.4 Å². The summed E-state index contributed by atoms with van der Waals surface area (Å²) in [5.41, 5.74) is 7.28. The van der Waals surface area contributed by atoms with Gasteiger partial charge in [0.1, 0.15) is 11.6 Å². The van der Waals surface area contributed by atoms with Crippen LogP contribution in [0, 0.1) is 5.82 Å². The molecule has 0 saturated carbocycles. The fourth-order valence-electron chi connectivity index (χ4n) is 2.65. The smallest absolute Gasteiger partial charge is 0.125 e. The molecule has 4 heteroatoms. The molecule has 110 valence electrons. The monoisotopic (exact) mass is 277 g/mol. The van der Waals surface area contributed by atoms with Crippen LogP contribution in [0.2, 0.25) is 0 Å². The molecule has 0 fully saturated rings. The van der Waals surface area contributed by atoms with Crippen molar-refractivity contribution in [1.29, 1.82) is 0 Å². The van der Waals surface area contributed by atoms with E-state index in [0.717, 1.165) is 42.7 Å². The van der Waals surface area contributed by atoms with E-state index < -0.39 is 0 Å². The minimum atomic E-state index is -0.200. The lowest BCUT2D eigenvalue weighted by molar-refractivity contribution is 0.560. The molecule has 3 nitrogen and oxygen atoms in total. The highest BCUT2D eigenvalue weighted by molar-refractivity contribution is 5.76. The predicted molar refractivity (Wildman–Crippen MR) is 81.3 cm³/mol. The fourth-order valence-corrected chi connectivity index (χ4v) is 2.65. The third-order valence-corrected chi connectivity index (χ3v) is 3.60. The number of hydrogen-bond donors (Lipinski definition) is 1. The number of nitrogens with zero attached hydrogens (tertiary/aromatic N) is 2. The first-order chi connectivity index (χ1) is 9.63. The van der Waals surface area contributed by atoms with Crippen LogP contribution in [0.4, 0.5) is 4.39 Å². The van der Waals surface area contributed by atoms with Gasteiger partial charge in [0.2, 0.25) is 0 Å². The van der Waals surface area contributed by atoms with E-state index in [-0.39, 0.29) is 5.82 Å². The van der Waals surface area contributed by atoms with Crippen LogP contribution in [-0.2, 0) is 6.42 Å². The number of benzene rings is 1. The predicted octanol–water partition coefficient (Wildman–Crippen LogP) is 3.82. The quantitative estimate of drug-likeness (QED) is 0.782. The summed E-state index contributed by atoms with van der Waals surface area (Å²) in [6.07, 6.45) is 5.49. The van der Waals surface area contributed by atoms with Gasteiger partial charge in [0.15, 0.2) is 0 Å². The van der Waals surface area contributed by atoms with E-state index in [0.29, 0.717) is 6.04 Å². The number of halogens is 1. The Morgan fingerprint density at radius 1 is 1.20 bits per heavy atom. The number of imidazole rings is 1. The SMILES string of the molecule is CC(C)n1c(CCCCCCN)nc2ccc(F)cc21. The number of fused-ring (bicyclic) bond motifs is 1. The van der Waals surface area contributed by atoms with Crippen LogP contribution in [0.1, 0.15) is 51.4 Å². The van der Waals surface area contributed by atoms with Gasteiger partial charge in [0.25, 0.3) is 0 Å². The first-order valence-electron chi connectivity index (χ1n) is 7.50. The van der Waals surface area contributed by atoms with Crippen molar-refractivity contribution in [3.63, 3.8) is 0 Å². The van der Waals surface area contributed by atoms with E-state index in [4.69, 9.17) is 5.73 Å². The van der Waals surface area contributed by atoms with Crippen molar-refractivity contribution in [3.05, 3.63) is 29.8 Å². The molecule has 0 amide bonds. The molecular weight excluding hydrogens is 253 g/mol. The van der Waals surface area contributed by atoms with Gasteiger partial charge in [-0.1, -0.05) is 12.8 Å². The molecular formula is C16H24FN3. The van der Waals surface area contributed by atoms with Crippen molar-refractivity contribution in [2.45, 2.75) is 52.0 Å². The van der Waals surface area contributed by atoms with Crippen molar-refractivity contribution < 1.29 is 4.39 Å². The van der Waals surface area contributed by atoms with Crippen LogP contribution >= 0.6 is 0 Å². The molecule has 0 aliphatic rings. The van der Waals surface area contributed by atoms with E-state index in [9.17, 15) is 4.39 Å². The summed E-state index contributed by atoms with van der Waals surface area (Å²) in [7, 11) is 0. The third-order valence-electron chi connectivity index (χ3n) is 3.60. The minimum absolute atomic E-state index is 0.200. The summed E-state index contributed by atoms with van der Waals surface area (Å²) >= 11 is 0. The summed E-state index contributed by atoms with van der Waals surface area (Å²) in [6, 6.07) is 5.12. The van der Waals surface area contributed by atoms with Crippen LogP contribution in [0.25, 0.3) is 11.0 Å². The maximum atomic E-state index is 13.4. The van der Waals surface area contributed by atoms with E-state index in [1.165, 1.54) is 18.9 Å². The Morgan fingerprint density at radius 2 is 1.95 bits per heavy atom. The van der Waals surface area contributed by atoms with Gasteiger partial charge in [0.05, 0.1) is 11.0 Å². The van der Waals surface area contributed by atoms with Gasteiger partial charge in [-0.25, -0.2) is 9.37 Å². The van der Waals surface area contributed by atoms with Crippen molar-refractivity contribution >= 4 is 11.0 Å². The Morgan fingerprint density at radius 3 is 2.65 bits per heavy atom. The molecule has 2 aromatic rings. The molecule has 0 atom stereocenters. The molecule has 2 rings (SSSR count). The Bertz CT molecular complexity index is 560. The van der Waals surface area contributed by atoms with Crippen LogP contribution in [0.15, 0.2) is 18.2 Å². The van der Waals surface area contributed by atoms with Gasteiger partial charge < -0.3 is 10.3 Å². The standard InChI is InChI=1S/C16H24FN3/c1-12(2)20-15-11-13(17)8-9-14(15)19-16(20)7-5-3-4-6-10-18/h8-9,11-12H,3-7,10,18H2,1-2H3. The van der Waals surface area contributed by atoms with Gasteiger partial charge in [-0.05, 0) is 51.4 Å². The van der Waals surface area contributed by atoms with Gasteiger partial charge >= 0.3 is 0 Å². The summed E-state index contributed by atoms with van der Waals surface area (Å²) in [4.78, 5) is 4.66. The molecule has 0 aliphatic heterocycles. The molecule has 0 unspecified atom stereocenters. The highest BCUT2D eigenvalue weighted by Gasteiger charge is 2.13. The second kappa shape index (κ2) is 6.84. The maximum absolute atomic E-state index is 13.4. The number of nitrogens with two attached hydrogens (primary N) is 1. The number of unbranched alkanes of at least 4 members (excludes halogenated alkanes) is 3. The second-order valence-electron chi connectivity index (χ2n) is 5.58. The first-order valence-corrected chi connectivity index (χ1v) is 7.50. The second-order valence-corrected chi connectivity index (χ2v) is 5.58. The van der Waals surface area contributed by atoms with Gasteiger partial charge in [0, 0.05) is 12.5 Å². The first kappa shape index (κ1) is 15.0. The molecule has 0 aliphatic carbocycles. The average molecular weight is 277 g/mol. The average Bonchev–Trinajstić information content (AvgIpc) is 2.76. The zero-order valence-corrected chi connectivity index (χ0v) is 12.4. The van der Waals surface area contributed by atoms with E-state index in [1.807, 2.05) is 0 Å². The van der Waals surface area contributed by atoms with Crippen molar-refractivity contribution in [2.24, 2.45) is 5.73 Å². The largest absolute Gasteiger partial charge is 0.330 e. The topological polar surface area (TPSA) is 43.8 Å². The Hall–Kier alpha value is -1.42. The lowest BCUT2D eigenvalue weighted by Gasteiger charge is -2.13. The maximum Gasteiger partial charge on any atom is 0.125 e. The van der Waals surface area contributed by atoms with Crippen LogP contribution in [-0.4, -0.2) is 16.1 Å². The molecule has 1 heterocycles. The van der Waals surface area contributed by atoms with Crippen LogP contribution in [0.5, 0.6) is 0 Å². The highest BCUT2D eigenvalue weighted by Crippen LogP contribution is 2.23. The van der Waals surface area contributed by atoms with Crippen molar-refractivity contribution in [2.75, 3.05) is 6.54 Å². The van der Waals surface area contributed by atoms with E-state index in [1.54, 1.807) is 12.1 Å². The van der Waals surface area contributed by atoms with Crippen LogP contribution in [0.3, 0.4) is 0 Å². The molecule has 20 heavy (non-hydrogen) atoms. The van der Waals surface area contributed by atoms with Crippen molar-refractivity contribution in [3.8, 4) is 0 Å². The number of rotatable bonds is 7. The molecule has 1 aromatic carbocycles. The number of hydrogen-bond acceptors (Lipinski definition) is 2. The zero-order valence-electron chi connectivity index (χ0n) is 12.4. The van der Waals surface area contributed by atoms with E-state index >= 15 is 0 Å². The molecule has 1 aromatic heterocycles. The zero-order chi connectivity index (χ0) is 14.5. The fraction of sp³-hybridized carbons (Fsp3) is 0.562. The number of aryl methyl sites for hydroxylation is 1. The molecule has 0 radical (unpaired) electrons. The molecule has 2 N–H and O–H groups in total. The Balaban J connectivity index is 2.17. The van der Waals surface area contributed by atoms with Gasteiger partial charge in [-0.3, -0.25) is 0 Å². The highest BCUT2D eigenvalue weighted by atomic mass is 19.1. The normalized spacial score (nSPS) is 11.7. The third kappa shape index (κ3) is 3.37. The molecule has 0 saturated heterocycles. The summed E-state index contributed by atoms with van der Waals surface area (Å²) in [6.45, 7) is 5.00. The molecule has 0 spiro atoms. The Labute approximate surface area is 120 Å². The lowest BCUT2D eigenvalue weighted by Crippen LogP contribution is -2.06. The summed E-state index contributed by atoms with van der Waals surface area (Å²) < 4.78 is 15.6. The Kier molecular flexibility index (Phi) is 5.12. The van der Waals surface area contributed by atoms with Crippen molar-refractivity contribution in [1.82, 2.24) is 9.55 Å². The minimum Gasteiger partial charge on any atom is -0.330 e.